The third-order valence-electron chi connectivity index (χ3n) is 6.07. The van der Waals surface area contributed by atoms with E-state index in [-0.39, 0.29) is 23.2 Å². The van der Waals surface area contributed by atoms with Gasteiger partial charge in [-0.3, -0.25) is 4.79 Å². The Balaban J connectivity index is 1.39. The summed E-state index contributed by atoms with van der Waals surface area (Å²) in [5, 5.41) is 7.49. The molecule has 1 saturated carbocycles. The Morgan fingerprint density at radius 3 is 2.85 bits per heavy atom. The molecule has 33 heavy (non-hydrogen) atoms. The Morgan fingerprint density at radius 1 is 1.21 bits per heavy atom. The molecule has 11 heteroatoms. The number of alkyl halides is 2. The van der Waals surface area contributed by atoms with Gasteiger partial charge in [0.15, 0.2) is 0 Å². The number of pyridine rings is 1. The third-order valence-corrected chi connectivity index (χ3v) is 6.07. The summed E-state index contributed by atoms with van der Waals surface area (Å²) in [6, 6.07) is 4.43. The van der Waals surface area contributed by atoms with Crippen LogP contribution >= 0.6 is 0 Å². The number of hydrogen-bond acceptors (Lipinski definition) is 6. The number of carbonyl (C=O) groups is 1. The number of carbonyl (C=O) groups excluding carboxylic acids is 1. The molecule has 1 aliphatic heterocycles. The molecule has 2 aliphatic rings. The largest absolute Gasteiger partial charge is 0.348 e. The lowest BCUT2D eigenvalue weighted by Crippen LogP contribution is -2.37. The molecular weight excluding hydrogens is 430 g/mol. The van der Waals surface area contributed by atoms with E-state index < -0.39 is 12.5 Å². The lowest BCUT2D eigenvalue weighted by atomic mass is 9.99. The SMILES string of the molecule is O=C(NC1CC1)c1cnc(N2CCc3[nH]cnc3[C@@H]2c2cc3c(C(F)F)cccn3n2)cn1. The lowest BCUT2D eigenvalue weighted by molar-refractivity contribution is 0.0945. The van der Waals surface area contributed by atoms with Crippen molar-refractivity contribution in [1.82, 2.24) is 34.9 Å². The summed E-state index contributed by atoms with van der Waals surface area (Å²) in [5.74, 6) is 0.323. The first-order valence-electron chi connectivity index (χ1n) is 10.8. The van der Waals surface area contributed by atoms with Crippen LogP contribution in [0.1, 0.15) is 58.4 Å². The third kappa shape index (κ3) is 3.49. The van der Waals surface area contributed by atoms with Crippen LogP contribution in [0, 0.1) is 0 Å². The van der Waals surface area contributed by atoms with E-state index in [9.17, 15) is 13.6 Å². The smallest absolute Gasteiger partial charge is 0.271 e. The highest BCUT2D eigenvalue weighted by Crippen LogP contribution is 2.36. The number of halogens is 2. The number of amides is 1. The molecule has 0 unspecified atom stereocenters. The topological polar surface area (TPSA) is 104 Å². The van der Waals surface area contributed by atoms with Crippen LogP contribution in [0.2, 0.25) is 0 Å². The van der Waals surface area contributed by atoms with Gasteiger partial charge in [-0.1, -0.05) is 0 Å². The van der Waals surface area contributed by atoms with E-state index in [0.717, 1.165) is 24.2 Å². The van der Waals surface area contributed by atoms with Crippen LogP contribution in [0.3, 0.4) is 0 Å². The van der Waals surface area contributed by atoms with Crippen molar-refractivity contribution in [3.63, 3.8) is 0 Å². The number of nitrogens with one attached hydrogen (secondary N) is 2. The Labute approximate surface area is 186 Å². The number of anilines is 1. The number of fused-ring (bicyclic) bond motifs is 2. The molecule has 2 N–H and O–H groups in total. The van der Waals surface area contributed by atoms with Gasteiger partial charge >= 0.3 is 0 Å². The Kier molecular flexibility index (Phi) is 4.56. The highest BCUT2D eigenvalue weighted by Gasteiger charge is 2.34. The normalized spacial score (nSPS) is 18.0. The minimum atomic E-state index is -2.61. The Morgan fingerprint density at radius 2 is 2.09 bits per heavy atom. The maximum absolute atomic E-state index is 13.5. The maximum atomic E-state index is 13.5. The molecule has 1 atom stereocenters. The predicted octanol–water partition coefficient (Wildman–Crippen LogP) is 2.83. The van der Waals surface area contributed by atoms with Gasteiger partial charge in [-0.05, 0) is 31.0 Å². The van der Waals surface area contributed by atoms with Crippen LogP contribution < -0.4 is 10.2 Å². The van der Waals surface area contributed by atoms with Gasteiger partial charge in [0.05, 0.1) is 35.6 Å². The summed E-state index contributed by atoms with van der Waals surface area (Å²) in [6.07, 6.45) is 6.37. The van der Waals surface area contributed by atoms with Crippen molar-refractivity contribution in [1.29, 1.82) is 0 Å². The zero-order valence-electron chi connectivity index (χ0n) is 17.4. The first-order chi connectivity index (χ1) is 16.1. The van der Waals surface area contributed by atoms with Crippen molar-refractivity contribution in [2.24, 2.45) is 0 Å². The minimum absolute atomic E-state index is 0.0771. The van der Waals surface area contributed by atoms with Crippen LogP contribution in [-0.2, 0) is 6.42 Å². The molecule has 0 saturated heterocycles. The van der Waals surface area contributed by atoms with Gasteiger partial charge in [0, 0.05) is 36.5 Å². The standard InChI is InChI=1S/C22H20F2N8O/c23-21(24)13-2-1-6-32-17(13)8-15(30-32)20-19-14(27-11-28-19)5-7-31(20)18-10-25-16(9-26-18)22(33)29-12-3-4-12/h1-2,6,8-12,20-21H,3-5,7H2,(H,27,28)(H,29,33)/t20-/m0/s1. The summed E-state index contributed by atoms with van der Waals surface area (Å²) >= 11 is 0. The first-order valence-corrected chi connectivity index (χ1v) is 10.8. The van der Waals surface area contributed by atoms with E-state index in [0.29, 0.717) is 30.0 Å². The van der Waals surface area contributed by atoms with E-state index in [1.807, 2.05) is 4.90 Å². The minimum Gasteiger partial charge on any atom is -0.348 e. The van der Waals surface area contributed by atoms with E-state index in [1.54, 1.807) is 30.9 Å². The molecule has 0 bridgehead atoms. The highest BCUT2D eigenvalue weighted by atomic mass is 19.3. The average Bonchev–Trinajstić information content (AvgIpc) is 3.33. The van der Waals surface area contributed by atoms with Gasteiger partial charge in [-0.2, -0.15) is 5.10 Å². The molecule has 0 aromatic carbocycles. The van der Waals surface area contributed by atoms with E-state index in [4.69, 9.17) is 0 Å². The summed E-state index contributed by atoms with van der Waals surface area (Å²) in [4.78, 5) is 30.7. The summed E-state index contributed by atoms with van der Waals surface area (Å²) in [5.41, 5.74) is 2.84. The van der Waals surface area contributed by atoms with Crippen LogP contribution in [0.15, 0.2) is 43.1 Å². The number of nitrogens with zero attached hydrogens (tertiary/aromatic N) is 6. The quantitative estimate of drug-likeness (QED) is 0.485. The van der Waals surface area contributed by atoms with E-state index >= 15 is 0 Å². The van der Waals surface area contributed by atoms with E-state index in [2.05, 4.69) is 30.4 Å². The molecule has 1 aliphatic carbocycles. The van der Waals surface area contributed by atoms with Gasteiger partial charge in [0.2, 0.25) is 0 Å². The fourth-order valence-electron chi connectivity index (χ4n) is 4.27. The molecule has 168 valence electrons. The second kappa shape index (κ2) is 7.61. The zero-order chi connectivity index (χ0) is 22.5. The second-order valence-electron chi connectivity index (χ2n) is 8.28. The van der Waals surface area contributed by atoms with Crippen LogP contribution in [0.4, 0.5) is 14.6 Å². The predicted molar refractivity (Wildman–Crippen MR) is 114 cm³/mol. The van der Waals surface area contributed by atoms with E-state index in [1.165, 1.54) is 16.8 Å². The van der Waals surface area contributed by atoms with Gasteiger partial charge < -0.3 is 15.2 Å². The Hall–Kier alpha value is -3.89. The molecule has 1 amide bonds. The number of rotatable bonds is 5. The molecule has 0 spiro atoms. The van der Waals surface area contributed by atoms with Gasteiger partial charge in [0.25, 0.3) is 12.3 Å². The van der Waals surface area contributed by atoms with Crippen LogP contribution in [0.5, 0.6) is 0 Å². The fraction of sp³-hybridized carbons (Fsp3) is 0.318. The number of imidazole rings is 1. The van der Waals surface area contributed by atoms with Crippen molar-refractivity contribution >= 4 is 17.2 Å². The first kappa shape index (κ1) is 19.8. The number of aromatic nitrogens is 6. The molecule has 9 nitrogen and oxygen atoms in total. The summed E-state index contributed by atoms with van der Waals surface area (Å²) < 4.78 is 28.6. The highest BCUT2D eigenvalue weighted by molar-refractivity contribution is 5.92. The van der Waals surface area contributed by atoms with Crippen molar-refractivity contribution in [2.75, 3.05) is 11.4 Å². The Bertz CT molecular complexity index is 1330. The second-order valence-corrected chi connectivity index (χ2v) is 8.28. The van der Waals surface area contributed by atoms with Crippen molar-refractivity contribution in [2.45, 2.75) is 37.8 Å². The number of aromatic amines is 1. The van der Waals surface area contributed by atoms with Gasteiger partial charge in [-0.15, -0.1) is 0 Å². The van der Waals surface area contributed by atoms with Crippen molar-refractivity contribution in [3.05, 3.63) is 71.5 Å². The maximum Gasteiger partial charge on any atom is 0.271 e. The molecule has 5 heterocycles. The zero-order valence-corrected chi connectivity index (χ0v) is 17.4. The number of hydrogen-bond donors (Lipinski definition) is 2. The molecule has 6 rings (SSSR count). The fourth-order valence-corrected chi connectivity index (χ4v) is 4.27. The monoisotopic (exact) mass is 450 g/mol. The van der Waals surface area contributed by atoms with Crippen LogP contribution in [-0.4, -0.2) is 48.0 Å². The van der Waals surface area contributed by atoms with Gasteiger partial charge in [0.1, 0.15) is 17.6 Å². The lowest BCUT2D eigenvalue weighted by Gasteiger charge is -2.34. The molecule has 4 aromatic heterocycles. The number of H-pyrrole nitrogens is 1. The van der Waals surface area contributed by atoms with Gasteiger partial charge in [-0.25, -0.2) is 28.2 Å². The molecular formula is C22H20F2N8O. The van der Waals surface area contributed by atoms with Crippen LogP contribution in [0.25, 0.3) is 5.52 Å². The average molecular weight is 450 g/mol. The summed E-state index contributed by atoms with van der Waals surface area (Å²) in [7, 11) is 0. The summed E-state index contributed by atoms with van der Waals surface area (Å²) in [6.45, 7) is 0.595. The molecule has 0 radical (unpaired) electrons. The molecule has 4 aromatic rings. The van der Waals surface area contributed by atoms with Crippen molar-refractivity contribution < 1.29 is 13.6 Å². The molecule has 1 fully saturated rings. The van der Waals surface area contributed by atoms with Crippen molar-refractivity contribution in [3.8, 4) is 0 Å².